The Morgan fingerprint density at radius 3 is 2.12 bits per heavy atom. The zero-order valence-electron chi connectivity index (χ0n) is 17.4. The van der Waals surface area contributed by atoms with Gasteiger partial charge in [0.25, 0.3) is 5.91 Å². The molecule has 1 amide bonds. The van der Waals surface area contributed by atoms with Gasteiger partial charge in [-0.1, -0.05) is 54.7 Å². The highest BCUT2D eigenvalue weighted by atomic mass is 35.5. The molecule has 5 N–H and O–H groups in total. The molecule has 8 heteroatoms. The third-order valence-corrected chi connectivity index (χ3v) is 5.60. The van der Waals surface area contributed by atoms with Crippen molar-refractivity contribution in [1.29, 1.82) is 0 Å². The zero-order chi connectivity index (χ0) is 23.3. The number of hydrogen-bond acceptors (Lipinski definition) is 4. The highest BCUT2D eigenvalue weighted by Crippen LogP contribution is 2.30. The SMILES string of the molecule is CCCc1ccc(Nc2ccc(CN)cc2)c(NC(=O)c2cc(Cl)c(Cl)cc2C(=O)O)c1. The molecule has 0 spiro atoms. The molecule has 0 fully saturated rings. The second-order valence-corrected chi connectivity index (χ2v) is 8.04. The normalized spacial score (nSPS) is 10.6. The van der Waals surface area contributed by atoms with Crippen molar-refractivity contribution in [2.45, 2.75) is 26.3 Å². The Labute approximate surface area is 196 Å². The third-order valence-electron chi connectivity index (χ3n) is 4.87. The van der Waals surface area contributed by atoms with Crippen LogP contribution in [0, 0.1) is 0 Å². The summed E-state index contributed by atoms with van der Waals surface area (Å²) in [7, 11) is 0. The van der Waals surface area contributed by atoms with E-state index in [0.29, 0.717) is 17.9 Å². The molecule has 0 heterocycles. The Morgan fingerprint density at radius 2 is 1.53 bits per heavy atom. The highest BCUT2D eigenvalue weighted by molar-refractivity contribution is 6.42. The number of amides is 1. The second-order valence-electron chi connectivity index (χ2n) is 7.23. The molecule has 3 aromatic carbocycles. The Bertz CT molecular complexity index is 1150. The standard InChI is InChI=1S/C24H23Cl2N3O3/c1-2-3-14-6-9-21(28-16-7-4-15(13-27)5-8-16)22(10-14)29-23(30)17-11-19(25)20(26)12-18(17)24(31)32/h4-12,28H,2-3,13,27H2,1H3,(H,29,30)(H,31,32). The van der Waals surface area contributed by atoms with Crippen LogP contribution in [0.2, 0.25) is 10.0 Å². The van der Waals surface area contributed by atoms with Crippen LogP contribution in [0.5, 0.6) is 0 Å². The molecular weight excluding hydrogens is 449 g/mol. The number of anilines is 3. The predicted molar refractivity (Wildman–Crippen MR) is 129 cm³/mol. The molecule has 0 unspecified atom stereocenters. The summed E-state index contributed by atoms with van der Waals surface area (Å²) in [6.07, 6.45) is 1.78. The monoisotopic (exact) mass is 471 g/mol. The van der Waals surface area contributed by atoms with E-state index in [1.54, 1.807) is 0 Å². The van der Waals surface area contributed by atoms with Crippen LogP contribution in [-0.2, 0) is 13.0 Å². The van der Waals surface area contributed by atoms with Crippen LogP contribution in [-0.4, -0.2) is 17.0 Å². The first-order chi connectivity index (χ1) is 15.3. The molecule has 166 valence electrons. The lowest BCUT2D eigenvalue weighted by Crippen LogP contribution is -2.17. The van der Waals surface area contributed by atoms with Crippen LogP contribution < -0.4 is 16.4 Å². The molecule has 0 aliphatic heterocycles. The van der Waals surface area contributed by atoms with Crippen LogP contribution >= 0.6 is 23.2 Å². The van der Waals surface area contributed by atoms with Gasteiger partial charge in [0.1, 0.15) is 0 Å². The van der Waals surface area contributed by atoms with Gasteiger partial charge in [0, 0.05) is 12.2 Å². The van der Waals surface area contributed by atoms with Gasteiger partial charge in [0.05, 0.1) is 32.5 Å². The minimum atomic E-state index is -1.27. The van der Waals surface area contributed by atoms with Crippen LogP contribution in [0.25, 0.3) is 0 Å². The second kappa shape index (κ2) is 10.5. The lowest BCUT2D eigenvalue weighted by molar-refractivity contribution is 0.0692. The number of carbonyl (C=O) groups excluding carboxylic acids is 1. The molecule has 0 saturated carbocycles. The van der Waals surface area contributed by atoms with Gasteiger partial charge in [-0.25, -0.2) is 4.79 Å². The molecule has 32 heavy (non-hydrogen) atoms. The van der Waals surface area contributed by atoms with E-state index in [9.17, 15) is 14.7 Å². The summed E-state index contributed by atoms with van der Waals surface area (Å²) in [4.78, 5) is 24.7. The lowest BCUT2D eigenvalue weighted by Gasteiger charge is -2.16. The Morgan fingerprint density at radius 1 is 0.906 bits per heavy atom. The minimum Gasteiger partial charge on any atom is -0.478 e. The molecule has 3 rings (SSSR count). The van der Waals surface area contributed by atoms with Crippen molar-refractivity contribution in [2.75, 3.05) is 10.6 Å². The molecule has 3 aromatic rings. The first-order valence-corrected chi connectivity index (χ1v) is 10.8. The van der Waals surface area contributed by atoms with Gasteiger partial charge in [-0.15, -0.1) is 0 Å². The smallest absolute Gasteiger partial charge is 0.336 e. The maximum atomic E-state index is 13.0. The zero-order valence-corrected chi connectivity index (χ0v) is 18.9. The maximum absolute atomic E-state index is 13.0. The first kappa shape index (κ1) is 23.6. The molecule has 6 nitrogen and oxygen atoms in total. The third kappa shape index (κ3) is 5.59. The van der Waals surface area contributed by atoms with Crippen LogP contribution in [0.15, 0.2) is 54.6 Å². The fourth-order valence-electron chi connectivity index (χ4n) is 3.23. The molecule has 0 aromatic heterocycles. The van der Waals surface area contributed by atoms with Crippen LogP contribution in [0.3, 0.4) is 0 Å². The van der Waals surface area contributed by atoms with Gasteiger partial charge in [0.15, 0.2) is 0 Å². The topological polar surface area (TPSA) is 104 Å². The van der Waals surface area contributed by atoms with Crippen molar-refractivity contribution in [3.8, 4) is 0 Å². The number of nitrogens with one attached hydrogen (secondary N) is 2. The van der Waals surface area contributed by atoms with E-state index in [0.717, 1.165) is 29.7 Å². The van der Waals surface area contributed by atoms with E-state index in [4.69, 9.17) is 28.9 Å². The van der Waals surface area contributed by atoms with Gasteiger partial charge in [-0.3, -0.25) is 4.79 Å². The fourth-order valence-corrected chi connectivity index (χ4v) is 3.56. The summed E-state index contributed by atoms with van der Waals surface area (Å²) in [5.41, 5.74) is 9.40. The van der Waals surface area contributed by atoms with Crippen molar-refractivity contribution in [3.05, 3.63) is 86.9 Å². The van der Waals surface area contributed by atoms with E-state index in [-0.39, 0.29) is 21.2 Å². The number of aromatic carboxylic acids is 1. The van der Waals surface area contributed by atoms with Gasteiger partial charge >= 0.3 is 5.97 Å². The molecule has 0 bridgehead atoms. The maximum Gasteiger partial charge on any atom is 0.336 e. The number of carboxylic acid groups (broad SMARTS) is 1. The number of hydrogen-bond donors (Lipinski definition) is 4. The average molecular weight is 472 g/mol. The van der Waals surface area contributed by atoms with Gasteiger partial charge in [-0.2, -0.15) is 0 Å². The molecule has 0 radical (unpaired) electrons. The van der Waals surface area contributed by atoms with Crippen molar-refractivity contribution in [3.63, 3.8) is 0 Å². The Hall–Kier alpha value is -3.06. The van der Waals surface area contributed by atoms with E-state index >= 15 is 0 Å². The van der Waals surface area contributed by atoms with Crippen molar-refractivity contribution < 1.29 is 14.7 Å². The number of carbonyl (C=O) groups is 2. The van der Waals surface area contributed by atoms with Gasteiger partial charge in [0.2, 0.25) is 0 Å². The number of nitrogens with two attached hydrogens (primary N) is 1. The summed E-state index contributed by atoms with van der Waals surface area (Å²) >= 11 is 12.0. The highest BCUT2D eigenvalue weighted by Gasteiger charge is 2.20. The number of benzene rings is 3. The van der Waals surface area contributed by atoms with E-state index in [1.165, 1.54) is 12.1 Å². The number of aryl methyl sites for hydroxylation is 1. The number of halogens is 2. The Kier molecular flexibility index (Phi) is 7.75. The molecule has 0 aliphatic rings. The largest absolute Gasteiger partial charge is 0.478 e. The first-order valence-electron chi connectivity index (χ1n) is 10.0. The quantitative estimate of drug-likeness (QED) is 0.317. The molecule has 0 atom stereocenters. The summed E-state index contributed by atoms with van der Waals surface area (Å²) < 4.78 is 0. The van der Waals surface area contributed by atoms with E-state index < -0.39 is 11.9 Å². The summed E-state index contributed by atoms with van der Waals surface area (Å²) in [5, 5.41) is 15.8. The summed E-state index contributed by atoms with van der Waals surface area (Å²) in [6.45, 7) is 2.52. The van der Waals surface area contributed by atoms with Crippen LogP contribution in [0.1, 0.15) is 45.2 Å². The van der Waals surface area contributed by atoms with Gasteiger partial charge in [-0.05, 0) is 53.9 Å². The number of rotatable bonds is 8. The molecular formula is C24H23Cl2N3O3. The van der Waals surface area contributed by atoms with Crippen molar-refractivity contribution in [2.24, 2.45) is 5.73 Å². The molecule has 0 saturated heterocycles. The molecule has 0 aliphatic carbocycles. The predicted octanol–water partition coefficient (Wildman–Crippen LogP) is 6.10. The number of carboxylic acids is 1. The average Bonchev–Trinajstić information content (AvgIpc) is 2.77. The Balaban J connectivity index is 1.96. The summed E-state index contributed by atoms with van der Waals surface area (Å²) in [6, 6.07) is 15.8. The van der Waals surface area contributed by atoms with Crippen molar-refractivity contribution in [1.82, 2.24) is 0 Å². The van der Waals surface area contributed by atoms with Gasteiger partial charge < -0.3 is 21.5 Å². The lowest BCUT2D eigenvalue weighted by atomic mass is 10.1. The van der Waals surface area contributed by atoms with Crippen molar-refractivity contribution >= 4 is 52.1 Å². The van der Waals surface area contributed by atoms with Crippen LogP contribution in [0.4, 0.5) is 17.1 Å². The van der Waals surface area contributed by atoms with E-state index in [2.05, 4.69) is 17.6 Å². The minimum absolute atomic E-state index is 0.0637. The summed E-state index contributed by atoms with van der Waals surface area (Å²) in [5.74, 6) is -1.87. The fraction of sp³-hybridized carbons (Fsp3) is 0.167. The van der Waals surface area contributed by atoms with E-state index in [1.807, 2.05) is 42.5 Å².